The van der Waals surface area contributed by atoms with Crippen LogP contribution in [-0.4, -0.2) is 4.98 Å². The van der Waals surface area contributed by atoms with Crippen molar-refractivity contribution in [2.75, 3.05) is 0 Å². The molecule has 7 heteroatoms. The topological polar surface area (TPSA) is 26.0 Å². The van der Waals surface area contributed by atoms with E-state index in [2.05, 4.69) is 4.98 Å². The molecule has 3 aromatic carbocycles. The Hall–Kier alpha value is -2.80. The van der Waals surface area contributed by atoms with E-state index in [1.807, 2.05) is 12.1 Å². The monoisotopic (exact) mass is 403 g/mol. The second kappa shape index (κ2) is 7.31. The van der Waals surface area contributed by atoms with Crippen LogP contribution >= 0.6 is 11.8 Å². The first kappa shape index (κ1) is 18.6. The predicted molar refractivity (Wildman–Crippen MR) is 100 cm³/mol. The summed E-state index contributed by atoms with van der Waals surface area (Å²) in [7, 11) is 0. The van der Waals surface area contributed by atoms with Gasteiger partial charge in [-0.3, -0.25) is 0 Å². The molecule has 0 atom stereocenters. The number of nitrogens with zero attached hydrogens (tertiary/aromatic N) is 1. The number of oxazole rings is 1. The van der Waals surface area contributed by atoms with E-state index in [9.17, 15) is 17.6 Å². The lowest BCUT2D eigenvalue weighted by molar-refractivity contribution is -0.137. The lowest BCUT2D eigenvalue weighted by atomic mass is 10.0. The molecule has 0 radical (unpaired) electrons. The van der Waals surface area contributed by atoms with E-state index in [1.165, 1.54) is 36.0 Å². The zero-order valence-electron chi connectivity index (χ0n) is 14.3. The zero-order valence-corrected chi connectivity index (χ0v) is 15.2. The first-order valence-electron chi connectivity index (χ1n) is 8.34. The van der Waals surface area contributed by atoms with Gasteiger partial charge in [-0.15, -0.1) is 0 Å². The van der Waals surface area contributed by atoms with Crippen molar-refractivity contribution < 1.29 is 22.0 Å². The molecule has 0 unspecified atom stereocenters. The van der Waals surface area contributed by atoms with Crippen LogP contribution in [0.15, 0.2) is 76.4 Å². The van der Waals surface area contributed by atoms with E-state index in [0.717, 1.165) is 28.8 Å². The summed E-state index contributed by atoms with van der Waals surface area (Å²) in [4.78, 5) is 4.51. The Morgan fingerprint density at radius 3 is 2.29 bits per heavy atom. The van der Waals surface area contributed by atoms with Crippen LogP contribution in [-0.2, 0) is 11.9 Å². The molecule has 0 aliphatic carbocycles. The molecule has 4 aromatic rings. The van der Waals surface area contributed by atoms with E-state index in [1.54, 1.807) is 18.2 Å². The van der Waals surface area contributed by atoms with Gasteiger partial charge in [-0.25, -0.2) is 9.37 Å². The number of halogens is 4. The number of aromatic nitrogens is 1. The fraction of sp³-hybridized carbons (Fsp3) is 0.0952. The number of alkyl halides is 3. The Kier molecular flexibility index (Phi) is 4.85. The van der Waals surface area contributed by atoms with Crippen LogP contribution in [0.3, 0.4) is 0 Å². The fourth-order valence-corrected chi connectivity index (χ4v) is 3.57. The maximum absolute atomic E-state index is 13.2. The normalized spacial score (nSPS) is 11.9. The Balaban J connectivity index is 1.55. The van der Waals surface area contributed by atoms with Crippen LogP contribution in [0.1, 0.15) is 11.1 Å². The molecule has 0 amide bonds. The maximum atomic E-state index is 13.2. The molecule has 1 aromatic heterocycles. The smallest absolute Gasteiger partial charge is 0.416 e. The summed E-state index contributed by atoms with van der Waals surface area (Å²) >= 11 is 1.30. The zero-order chi connectivity index (χ0) is 19.7. The lowest BCUT2D eigenvalue weighted by Gasteiger charge is -2.06. The van der Waals surface area contributed by atoms with Gasteiger partial charge in [0.1, 0.15) is 11.3 Å². The van der Waals surface area contributed by atoms with Gasteiger partial charge in [0.05, 0.1) is 5.56 Å². The second-order valence-electron chi connectivity index (χ2n) is 6.12. The number of hydrogen-bond acceptors (Lipinski definition) is 3. The molecule has 0 saturated heterocycles. The average molecular weight is 403 g/mol. The van der Waals surface area contributed by atoms with Crippen molar-refractivity contribution >= 4 is 22.9 Å². The van der Waals surface area contributed by atoms with Gasteiger partial charge in [0, 0.05) is 11.3 Å². The van der Waals surface area contributed by atoms with Gasteiger partial charge in [0.2, 0.25) is 0 Å². The van der Waals surface area contributed by atoms with Crippen LogP contribution in [0.25, 0.3) is 22.2 Å². The molecule has 0 aliphatic rings. The summed E-state index contributed by atoms with van der Waals surface area (Å²) in [6.07, 6.45) is -4.34. The summed E-state index contributed by atoms with van der Waals surface area (Å²) in [5.74, 6) is 0.112. The van der Waals surface area contributed by atoms with Crippen LogP contribution in [0, 0.1) is 5.82 Å². The molecular formula is C21H13F4NOS. The van der Waals surface area contributed by atoms with E-state index in [4.69, 9.17) is 4.42 Å². The number of fused-ring (bicyclic) bond motifs is 1. The number of rotatable bonds is 4. The summed E-state index contributed by atoms with van der Waals surface area (Å²) in [5, 5.41) is 0.421. The summed E-state index contributed by atoms with van der Waals surface area (Å²) < 4.78 is 56.8. The second-order valence-corrected chi connectivity index (χ2v) is 7.05. The predicted octanol–water partition coefficient (Wildman–Crippen LogP) is 6.95. The average Bonchev–Trinajstić information content (AvgIpc) is 3.10. The van der Waals surface area contributed by atoms with Gasteiger partial charge in [0.25, 0.3) is 5.22 Å². The van der Waals surface area contributed by atoms with E-state index >= 15 is 0 Å². The Morgan fingerprint density at radius 2 is 1.61 bits per heavy atom. The molecule has 0 bridgehead atoms. The van der Waals surface area contributed by atoms with Crippen LogP contribution < -0.4 is 0 Å². The largest absolute Gasteiger partial charge is 0.431 e. The van der Waals surface area contributed by atoms with Crippen LogP contribution in [0.2, 0.25) is 0 Å². The first-order valence-corrected chi connectivity index (χ1v) is 9.33. The number of thioether (sulfide) groups is 1. The Labute approximate surface area is 162 Å². The van der Waals surface area contributed by atoms with Gasteiger partial charge < -0.3 is 4.42 Å². The Bertz CT molecular complexity index is 1100. The van der Waals surface area contributed by atoms with Crippen molar-refractivity contribution in [2.45, 2.75) is 17.2 Å². The third-order valence-electron chi connectivity index (χ3n) is 4.20. The van der Waals surface area contributed by atoms with Crippen molar-refractivity contribution in [3.05, 3.63) is 83.7 Å². The molecule has 0 aliphatic heterocycles. The minimum atomic E-state index is -4.34. The van der Waals surface area contributed by atoms with Crippen molar-refractivity contribution in [3.63, 3.8) is 0 Å². The van der Waals surface area contributed by atoms with Crippen molar-refractivity contribution in [3.8, 4) is 11.1 Å². The fourth-order valence-electron chi connectivity index (χ4n) is 2.79. The summed E-state index contributed by atoms with van der Waals surface area (Å²) in [6.45, 7) is 0. The van der Waals surface area contributed by atoms with Gasteiger partial charge in [-0.2, -0.15) is 13.2 Å². The van der Waals surface area contributed by atoms with Gasteiger partial charge in [-0.05, 0) is 41.5 Å². The minimum absolute atomic E-state index is 0.316. The molecule has 0 saturated carbocycles. The molecule has 2 nitrogen and oxygen atoms in total. The highest BCUT2D eigenvalue weighted by atomic mass is 32.2. The van der Waals surface area contributed by atoms with Crippen LogP contribution in [0.4, 0.5) is 17.6 Å². The van der Waals surface area contributed by atoms with Crippen molar-refractivity contribution in [1.82, 2.24) is 4.98 Å². The molecular weight excluding hydrogens is 390 g/mol. The molecule has 0 fully saturated rings. The number of para-hydroxylation sites is 1. The third kappa shape index (κ3) is 3.89. The minimum Gasteiger partial charge on any atom is -0.431 e. The highest BCUT2D eigenvalue weighted by molar-refractivity contribution is 7.98. The van der Waals surface area contributed by atoms with E-state index in [-0.39, 0.29) is 5.82 Å². The highest BCUT2D eigenvalue weighted by Crippen LogP contribution is 2.33. The van der Waals surface area contributed by atoms with E-state index < -0.39 is 11.7 Å². The molecule has 28 heavy (non-hydrogen) atoms. The molecule has 1 heterocycles. The molecule has 142 valence electrons. The highest BCUT2D eigenvalue weighted by Gasteiger charge is 2.29. The number of benzene rings is 3. The Morgan fingerprint density at radius 1 is 0.893 bits per heavy atom. The third-order valence-corrected chi connectivity index (χ3v) is 5.10. The molecule has 0 N–H and O–H groups in total. The maximum Gasteiger partial charge on any atom is 0.416 e. The van der Waals surface area contributed by atoms with Crippen LogP contribution in [0.5, 0.6) is 0 Å². The first-order chi connectivity index (χ1) is 13.4. The lowest BCUT2D eigenvalue weighted by Crippen LogP contribution is -2.04. The van der Waals surface area contributed by atoms with Crippen molar-refractivity contribution in [2.24, 2.45) is 0 Å². The van der Waals surface area contributed by atoms with Gasteiger partial charge in [-0.1, -0.05) is 48.2 Å². The summed E-state index contributed by atoms with van der Waals surface area (Å²) in [5.41, 5.74) is 2.95. The van der Waals surface area contributed by atoms with Gasteiger partial charge >= 0.3 is 6.18 Å². The SMILES string of the molecule is Fc1ccc(-c2cccc3oc(SCc4ccc(C(F)(F)F)cc4)nc23)cc1. The van der Waals surface area contributed by atoms with Crippen molar-refractivity contribution in [1.29, 1.82) is 0 Å². The number of hydrogen-bond donors (Lipinski definition) is 0. The molecule has 4 rings (SSSR count). The van der Waals surface area contributed by atoms with Gasteiger partial charge in [0.15, 0.2) is 5.58 Å². The van der Waals surface area contributed by atoms with E-state index in [0.29, 0.717) is 22.1 Å². The molecule has 0 spiro atoms. The summed E-state index contributed by atoms with van der Waals surface area (Å²) in [6, 6.07) is 16.6. The quantitative estimate of drug-likeness (QED) is 0.273. The standard InChI is InChI=1S/C21H13F4NOS/c22-16-10-6-14(7-11-16)17-2-1-3-18-19(17)26-20(27-18)28-12-13-4-8-15(9-5-13)21(23,24)25/h1-11H,12H2.